The molecule has 0 amide bonds. The molecule has 1 unspecified atom stereocenters. The molecule has 1 aliphatic heterocycles. The summed E-state index contributed by atoms with van der Waals surface area (Å²) in [6.07, 6.45) is -0.399. The number of carbonyl (C=O) groups is 2. The van der Waals surface area contributed by atoms with Gasteiger partial charge in [0.05, 0.1) is 13.1 Å². The summed E-state index contributed by atoms with van der Waals surface area (Å²) in [5.74, 6) is -0.951. The van der Waals surface area contributed by atoms with Crippen molar-refractivity contribution >= 4 is 11.9 Å². The maximum Gasteiger partial charge on any atom is 0.317 e. The number of carboxylic acids is 2. The predicted molar refractivity (Wildman–Crippen MR) is 68.1 cm³/mol. The molecule has 1 atom stereocenters. The topological polar surface area (TPSA) is 96.3 Å². The Balaban J connectivity index is 1.97. The van der Waals surface area contributed by atoms with Crippen LogP contribution in [0, 0.1) is 0 Å². The van der Waals surface area contributed by atoms with E-state index in [2.05, 4.69) is 0 Å². The number of nitrogens with zero attached hydrogens (tertiary/aromatic N) is 1. The van der Waals surface area contributed by atoms with Gasteiger partial charge >= 0.3 is 11.9 Å². The summed E-state index contributed by atoms with van der Waals surface area (Å²) in [5.41, 5.74) is 0. The highest BCUT2D eigenvalue weighted by molar-refractivity contribution is 5.72. The Kier molecular flexibility index (Phi) is 4.41. The number of rotatable bonds is 6. The number of hydrogen-bond acceptors (Lipinski definition) is 5. The zero-order chi connectivity index (χ0) is 14.5. The number of fused-ring (bicyclic) bond motifs is 1. The predicted octanol–water partition coefficient (Wildman–Crippen LogP) is 0.298. The minimum absolute atomic E-state index is 0.174. The molecule has 0 radical (unpaired) electrons. The van der Waals surface area contributed by atoms with Crippen LogP contribution in [0.3, 0.4) is 0 Å². The van der Waals surface area contributed by atoms with Crippen molar-refractivity contribution in [2.24, 2.45) is 0 Å². The van der Waals surface area contributed by atoms with Gasteiger partial charge in [-0.3, -0.25) is 14.5 Å². The van der Waals surface area contributed by atoms with Gasteiger partial charge < -0.3 is 19.7 Å². The summed E-state index contributed by atoms with van der Waals surface area (Å²) < 4.78 is 11.2. The highest BCUT2D eigenvalue weighted by atomic mass is 16.6. The van der Waals surface area contributed by atoms with Crippen molar-refractivity contribution < 1.29 is 29.3 Å². The van der Waals surface area contributed by atoms with E-state index < -0.39 is 18.0 Å². The monoisotopic (exact) mass is 281 g/mol. The molecule has 0 aromatic heterocycles. The van der Waals surface area contributed by atoms with Crippen molar-refractivity contribution in [1.29, 1.82) is 0 Å². The van der Waals surface area contributed by atoms with E-state index in [1.807, 2.05) is 6.07 Å². The fourth-order valence-electron chi connectivity index (χ4n) is 2.01. The smallest absolute Gasteiger partial charge is 0.317 e. The third-order valence-corrected chi connectivity index (χ3v) is 2.75. The van der Waals surface area contributed by atoms with Crippen LogP contribution in [0.2, 0.25) is 0 Å². The Bertz CT molecular complexity index is 487. The average Bonchev–Trinajstić information content (AvgIpc) is 2.37. The maximum absolute atomic E-state index is 10.7. The van der Waals surface area contributed by atoms with Crippen LogP contribution in [-0.2, 0) is 9.59 Å². The number of hydrogen-bond donors (Lipinski definition) is 2. The van der Waals surface area contributed by atoms with E-state index in [0.717, 1.165) is 0 Å². The molecule has 1 aromatic carbocycles. The van der Waals surface area contributed by atoms with Crippen LogP contribution in [0.15, 0.2) is 24.3 Å². The van der Waals surface area contributed by atoms with E-state index in [1.54, 1.807) is 18.2 Å². The van der Waals surface area contributed by atoms with Gasteiger partial charge in [0.25, 0.3) is 0 Å². The molecule has 0 saturated heterocycles. The summed E-state index contributed by atoms with van der Waals surface area (Å²) >= 11 is 0. The number of benzene rings is 1. The van der Waals surface area contributed by atoms with Gasteiger partial charge in [-0.2, -0.15) is 0 Å². The average molecular weight is 281 g/mol. The maximum atomic E-state index is 10.7. The third kappa shape index (κ3) is 3.86. The Hall–Kier alpha value is -2.28. The second-order valence-corrected chi connectivity index (χ2v) is 4.45. The van der Waals surface area contributed by atoms with Crippen LogP contribution >= 0.6 is 0 Å². The summed E-state index contributed by atoms with van der Waals surface area (Å²) in [4.78, 5) is 22.7. The van der Waals surface area contributed by atoms with Gasteiger partial charge in [0, 0.05) is 6.54 Å². The zero-order valence-corrected chi connectivity index (χ0v) is 10.7. The molecular weight excluding hydrogens is 266 g/mol. The SMILES string of the molecule is O=C(O)CN(CC(=O)O)CC1COc2ccccc2O1. The molecular formula is C13H15NO6. The minimum Gasteiger partial charge on any atom is -0.486 e. The molecule has 108 valence electrons. The van der Waals surface area contributed by atoms with Gasteiger partial charge in [-0.25, -0.2) is 0 Å². The van der Waals surface area contributed by atoms with Gasteiger partial charge in [-0.15, -0.1) is 0 Å². The van der Waals surface area contributed by atoms with Crippen molar-refractivity contribution in [3.8, 4) is 11.5 Å². The zero-order valence-electron chi connectivity index (χ0n) is 10.7. The van der Waals surface area contributed by atoms with Crippen LogP contribution in [0.1, 0.15) is 0 Å². The molecule has 0 spiro atoms. The molecule has 2 rings (SSSR count). The lowest BCUT2D eigenvalue weighted by Crippen LogP contribution is -2.44. The normalized spacial score (nSPS) is 16.9. The second-order valence-electron chi connectivity index (χ2n) is 4.45. The Morgan fingerprint density at radius 1 is 1.15 bits per heavy atom. The Labute approximate surface area is 115 Å². The first kappa shape index (κ1) is 14.1. The van der Waals surface area contributed by atoms with Crippen molar-refractivity contribution in [2.45, 2.75) is 6.10 Å². The Morgan fingerprint density at radius 3 is 2.35 bits per heavy atom. The highest BCUT2D eigenvalue weighted by Gasteiger charge is 2.25. The largest absolute Gasteiger partial charge is 0.486 e. The van der Waals surface area contributed by atoms with Crippen molar-refractivity contribution in [3.05, 3.63) is 24.3 Å². The third-order valence-electron chi connectivity index (χ3n) is 2.75. The van der Waals surface area contributed by atoms with E-state index in [9.17, 15) is 9.59 Å². The first-order valence-electron chi connectivity index (χ1n) is 6.09. The first-order chi connectivity index (χ1) is 9.54. The van der Waals surface area contributed by atoms with E-state index >= 15 is 0 Å². The van der Waals surface area contributed by atoms with Gasteiger partial charge in [0.15, 0.2) is 11.5 Å². The summed E-state index contributed by atoms with van der Waals surface area (Å²) in [6.45, 7) is -0.276. The first-order valence-corrected chi connectivity index (χ1v) is 6.09. The standard InChI is InChI=1S/C13H15NO6/c15-12(16)6-14(7-13(17)18)5-9-8-19-10-3-1-2-4-11(10)20-9/h1-4,9H,5-8H2,(H,15,16)(H,17,18). The van der Waals surface area contributed by atoms with E-state index in [-0.39, 0.29) is 26.2 Å². The molecule has 7 heteroatoms. The molecule has 0 fully saturated rings. The molecule has 1 heterocycles. The van der Waals surface area contributed by atoms with Crippen LogP contribution < -0.4 is 9.47 Å². The van der Waals surface area contributed by atoms with Gasteiger partial charge in [-0.1, -0.05) is 12.1 Å². The van der Waals surface area contributed by atoms with Crippen LogP contribution in [-0.4, -0.2) is 59.4 Å². The fraction of sp³-hybridized carbons (Fsp3) is 0.385. The Morgan fingerprint density at radius 2 is 1.75 bits per heavy atom. The second kappa shape index (κ2) is 6.25. The minimum atomic E-state index is -1.08. The molecule has 0 bridgehead atoms. The molecule has 2 N–H and O–H groups in total. The molecule has 0 aliphatic carbocycles. The lowest BCUT2D eigenvalue weighted by molar-refractivity contribution is -0.142. The van der Waals surface area contributed by atoms with E-state index in [4.69, 9.17) is 19.7 Å². The summed E-state index contributed by atoms with van der Waals surface area (Å²) in [6, 6.07) is 7.15. The number of carboxylic acid groups (broad SMARTS) is 2. The summed E-state index contributed by atoms with van der Waals surface area (Å²) in [7, 11) is 0. The number of para-hydroxylation sites is 2. The van der Waals surface area contributed by atoms with Crippen molar-refractivity contribution in [3.63, 3.8) is 0 Å². The highest BCUT2D eigenvalue weighted by Crippen LogP contribution is 2.30. The summed E-state index contributed by atoms with van der Waals surface area (Å²) in [5, 5.41) is 17.6. The van der Waals surface area contributed by atoms with E-state index in [1.165, 1.54) is 4.90 Å². The van der Waals surface area contributed by atoms with Crippen molar-refractivity contribution in [2.75, 3.05) is 26.2 Å². The number of aliphatic carboxylic acids is 2. The lowest BCUT2D eigenvalue weighted by atomic mass is 10.2. The van der Waals surface area contributed by atoms with Crippen LogP contribution in [0.25, 0.3) is 0 Å². The molecule has 1 aromatic rings. The van der Waals surface area contributed by atoms with Crippen molar-refractivity contribution in [1.82, 2.24) is 4.90 Å². The van der Waals surface area contributed by atoms with Crippen LogP contribution in [0.4, 0.5) is 0 Å². The molecule has 20 heavy (non-hydrogen) atoms. The molecule has 1 aliphatic rings. The van der Waals surface area contributed by atoms with Gasteiger partial charge in [-0.05, 0) is 12.1 Å². The number of ether oxygens (including phenoxy) is 2. The fourth-order valence-corrected chi connectivity index (χ4v) is 2.01. The van der Waals surface area contributed by atoms with E-state index in [0.29, 0.717) is 11.5 Å². The lowest BCUT2D eigenvalue weighted by Gasteiger charge is -2.29. The molecule has 7 nitrogen and oxygen atoms in total. The van der Waals surface area contributed by atoms with Gasteiger partial charge in [0.2, 0.25) is 0 Å². The molecule has 0 saturated carbocycles. The van der Waals surface area contributed by atoms with Crippen LogP contribution in [0.5, 0.6) is 11.5 Å². The quantitative estimate of drug-likeness (QED) is 0.774. The van der Waals surface area contributed by atoms with Gasteiger partial charge in [0.1, 0.15) is 12.7 Å².